The number of amides is 3. The van der Waals surface area contributed by atoms with Crippen LogP contribution in [0.3, 0.4) is 0 Å². The Balaban J connectivity index is 2.05. The molecular formula is C14H15N3O4. The van der Waals surface area contributed by atoms with Crippen LogP contribution in [0, 0.1) is 0 Å². The van der Waals surface area contributed by atoms with Crippen molar-refractivity contribution < 1.29 is 19.5 Å². The number of nitrogens with two attached hydrogens (primary N) is 1. The summed E-state index contributed by atoms with van der Waals surface area (Å²) in [6, 6.07) is 6.79. The van der Waals surface area contributed by atoms with Crippen molar-refractivity contribution in [3.05, 3.63) is 41.6 Å². The van der Waals surface area contributed by atoms with Crippen LogP contribution in [0.1, 0.15) is 5.56 Å². The van der Waals surface area contributed by atoms with E-state index in [2.05, 4.69) is 5.32 Å². The topological polar surface area (TPSA) is 113 Å². The van der Waals surface area contributed by atoms with Gasteiger partial charge >= 0.3 is 0 Å². The van der Waals surface area contributed by atoms with E-state index in [0.717, 1.165) is 10.5 Å². The van der Waals surface area contributed by atoms with Gasteiger partial charge in [-0.1, -0.05) is 12.1 Å². The number of benzene rings is 1. The third kappa shape index (κ3) is 3.46. The number of primary amides is 1. The van der Waals surface area contributed by atoms with Crippen LogP contribution >= 0.6 is 0 Å². The Morgan fingerprint density at radius 3 is 2.48 bits per heavy atom. The zero-order valence-electron chi connectivity index (χ0n) is 11.2. The lowest BCUT2D eigenvalue weighted by Crippen LogP contribution is -2.34. The summed E-state index contributed by atoms with van der Waals surface area (Å²) in [5.74, 6) is -1.35. The van der Waals surface area contributed by atoms with Crippen molar-refractivity contribution in [2.45, 2.75) is 6.42 Å². The summed E-state index contributed by atoms with van der Waals surface area (Å²) in [4.78, 5) is 35.3. The van der Waals surface area contributed by atoms with Crippen LogP contribution in [0.2, 0.25) is 0 Å². The molecule has 1 aliphatic heterocycles. The van der Waals surface area contributed by atoms with Crippen LogP contribution in [-0.2, 0) is 20.8 Å². The molecule has 0 spiro atoms. The third-order valence-corrected chi connectivity index (χ3v) is 2.94. The molecule has 0 saturated carbocycles. The van der Waals surface area contributed by atoms with Crippen molar-refractivity contribution in [1.29, 1.82) is 0 Å². The second-order valence-electron chi connectivity index (χ2n) is 4.54. The molecule has 2 rings (SSSR count). The molecule has 0 aromatic heterocycles. The number of hydrogen-bond acceptors (Lipinski definition) is 5. The molecule has 0 atom stereocenters. The van der Waals surface area contributed by atoms with E-state index in [9.17, 15) is 14.4 Å². The minimum Gasteiger partial charge on any atom is -0.395 e. The number of carbonyl (C=O) groups excluding carboxylic acids is 3. The summed E-state index contributed by atoms with van der Waals surface area (Å²) in [7, 11) is 0. The van der Waals surface area contributed by atoms with Crippen molar-refractivity contribution in [2.75, 3.05) is 18.5 Å². The number of nitrogens with one attached hydrogen (secondary N) is 1. The number of rotatable bonds is 6. The quantitative estimate of drug-likeness (QED) is 0.604. The maximum absolute atomic E-state index is 11.9. The molecular weight excluding hydrogens is 274 g/mol. The van der Waals surface area contributed by atoms with E-state index in [-0.39, 0.29) is 25.3 Å². The zero-order chi connectivity index (χ0) is 15.4. The molecule has 1 aromatic rings. The van der Waals surface area contributed by atoms with Gasteiger partial charge in [-0.2, -0.15) is 0 Å². The fraction of sp³-hybridized carbons (Fsp3) is 0.214. The molecule has 0 unspecified atom stereocenters. The molecule has 3 amide bonds. The number of hydrogen-bond donors (Lipinski definition) is 3. The molecule has 7 heteroatoms. The predicted molar refractivity (Wildman–Crippen MR) is 74.9 cm³/mol. The largest absolute Gasteiger partial charge is 0.395 e. The van der Waals surface area contributed by atoms with Gasteiger partial charge in [0.2, 0.25) is 5.91 Å². The van der Waals surface area contributed by atoms with Crippen molar-refractivity contribution >= 4 is 23.4 Å². The maximum Gasteiger partial charge on any atom is 0.277 e. The number of imide groups is 1. The van der Waals surface area contributed by atoms with Crippen molar-refractivity contribution in [2.24, 2.45) is 5.73 Å². The maximum atomic E-state index is 11.9. The van der Waals surface area contributed by atoms with Gasteiger partial charge < -0.3 is 16.2 Å². The van der Waals surface area contributed by atoms with Crippen LogP contribution < -0.4 is 11.1 Å². The highest BCUT2D eigenvalue weighted by atomic mass is 16.3. The van der Waals surface area contributed by atoms with E-state index in [1.165, 1.54) is 6.08 Å². The zero-order valence-corrected chi connectivity index (χ0v) is 11.2. The predicted octanol–water partition coefficient (Wildman–Crippen LogP) is -0.629. The molecule has 1 heterocycles. The highest BCUT2D eigenvalue weighted by Crippen LogP contribution is 2.17. The fourth-order valence-corrected chi connectivity index (χ4v) is 1.97. The minimum absolute atomic E-state index is 0.0309. The minimum atomic E-state index is -0.477. The normalized spacial score (nSPS) is 14.3. The van der Waals surface area contributed by atoms with Crippen molar-refractivity contribution in [1.82, 2.24) is 4.90 Å². The van der Waals surface area contributed by atoms with E-state index in [4.69, 9.17) is 10.8 Å². The van der Waals surface area contributed by atoms with Crippen LogP contribution in [0.4, 0.5) is 5.69 Å². The SMILES string of the molecule is NC(=O)Cc1ccc(NC2=CC(=O)N(CCO)C2=O)cc1. The van der Waals surface area contributed by atoms with Crippen molar-refractivity contribution in [3.63, 3.8) is 0 Å². The average molecular weight is 289 g/mol. The molecule has 0 aliphatic carbocycles. The number of aliphatic hydroxyl groups excluding tert-OH is 1. The molecule has 21 heavy (non-hydrogen) atoms. The van der Waals surface area contributed by atoms with Gasteiger partial charge in [-0.25, -0.2) is 0 Å². The highest BCUT2D eigenvalue weighted by molar-refractivity contribution is 6.17. The first-order valence-electron chi connectivity index (χ1n) is 6.34. The molecule has 1 aromatic carbocycles. The fourth-order valence-electron chi connectivity index (χ4n) is 1.97. The molecule has 0 saturated heterocycles. The van der Waals surface area contributed by atoms with E-state index in [1.807, 2.05) is 0 Å². The summed E-state index contributed by atoms with van der Waals surface area (Å²) < 4.78 is 0. The number of anilines is 1. The van der Waals surface area contributed by atoms with Crippen LogP contribution in [0.15, 0.2) is 36.0 Å². The first-order chi connectivity index (χ1) is 10.0. The lowest BCUT2D eigenvalue weighted by Gasteiger charge is -2.13. The Labute approximate surface area is 121 Å². The van der Waals surface area contributed by atoms with Crippen LogP contribution in [0.25, 0.3) is 0 Å². The summed E-state index contributed by atoms with van der Waals surface area (Å²) in [5, 5.41) is 11.7. The molecule has 0 bridgehead atoms. The van der Waals surface area contributed by atoms with Gasteiger partial charge in [0.15, 0.2) is 0 Å². The molecule has 0 radical (unpaired) electrons. The van der Waals surface area contributed by atoms with E-state index >= 15 is 0 Å². The Kier molecular flexibility index (Phi) is 4.34. The van der Waals surface area contributed by atoms with Crippen LogP contribution in [0.5, 0.6) is 0 Å². The Morgan fingerprint density at radius 1 is 1.24 bits per heavy atom. The summed E-state index contributed by atoms with van der Waals surface area (Å²) in [6.45, 7) is -0.308. The summed E-state index contributed by atoms with van der Waals surface area (Å²) >= 11 is 0. The van der Waals surface area contributed by atoms with Gasteiger partial charge in [0, 0.05) is 11.8 Å². The molecule has 4 N–H and O–H groups in total. The monoisotopic (exact) mass is 289 g/mol. The van der Waals surface area contributed by atoms with Gasteiger partial charge in [-0.05, 0) is 17.7 Å². The smallest absolute Gasteiger partial charge is 0.277 e. The third-order valence-electron chi connectivity index (χ3n) is 2.94. The van der Waals surface area contributed by atoms with Gasteiger partial charge in [-0.15, -0.1) is 0 Å². The molecule has 7 nitrogen and oxygen atoms in total. The average Bonchev–Trinajstić information content (AvgIpc) is 2.69. The summed E-state index contributed by atoms with van der Waals surface area (Å²) in [6.07, 6.45) is 1.33. The van der Waals surface area contributed by atoms with Gasteiger partial charge in [-0.3, -0.25) is 19.3 Å². The van der Waals surface area contributed by atoms with E-state index < -0.39 is 17.7 Å². The standard InChI is InChI=1S/C14H15N3O4/c15-12(19)7-9-1-3-10(4-2-9)16-11-8-13(20)17(5-6-18)14(11)21/h1-4,8,16,18H,5-7H2,(H2,15,19). The lowest BCUT2D eigenvalue weighted by molar-refractivity contribution is -0.137. The second-order valence-corrected chi connectivity index (χ2v) is 4.54. The summed E-state index contributed by atoms with van der Waals surface area (Å²) in [5.41, 5.74) is 6.62. The number of aliphatic hydroxyl groups is 1. The highest BCUT2D eigenvalue weighted by Gasteiger charge is 2.30. The van der Waals surface area contributed by atoms with Gasteiger partial charge in [0.25, 0.3) is 11.8 Å². The Hall–Kier alpha value is -2.67. The first-order valence-corrected chi connectivity index (χ1v) is 6.34. The first kappa shape index (κ1) is 14.7. The Bertz CT molecular complexity index is 607. The van der Waals surface area contributed by atoms with Gasteiger partial charge in [0.05, 0.1) is 19.6 Å². The Morgan fingerprint density at radius 2 is 1.90 bits per heavy atom. The second kappa shape index (κ2) is 6.19. The number of carbonyl (C=O) groups is 3. The molecule has 1 aliphatic rings. The van der Waals surface area contributed by atoms with E-state index in [0.29, 0.717) is 5.69 Å². The molecule has 0 fully saturated rings. The number of nitrogens with zero attached hydrogens (tertiary/aromatic N) is 1. The number of β-amino-alcohol motifs (C(OH)–C–C–N with tert-alkyl or cyclic N) is 1. The van der Waals surface area contributed by atoms with Crippen molar-refractivity contribution in [3.8, 4) is 0 Å². The van der Waals surface area contributed by atoms with Crippen LogP contribution in [-0.4, -0.2) is 40.9 Å². The van der Waals surface area contributed by atoms with Gasteiger partial charge in [0.1, 0.15) is 5.70 Å². The lowest BCUT2D eigenvalue weighted by atomic mass is 10.1. The molecule has 110 valence electrons. The van der Waals surface area contributed by atoms with E-state index in [1.54, 1.807) is 24.3 Å².